The van der Waals surface area contributed by atoms with Crippen molar-refractivity contribution in [1.29, 1.82) is 0 Å². The van der Waals surface area contributed by atoms with Crippen molar-refractivity contribution in [2.75, 3.05) is 0 Å². The number of hydrogen-bond acceptors (Lipinski definition) is 0. The number of rotatable bonds is 0. The third kappa shape index (κ3) is 50.9. The van der Waals surface area contributed by atoms with E-state index in [-0.39, 0.29) is 25.2 Å². The summed E-state index contributed by atoms with van der Waals surface area (Å²) in [7, 11) is 0. The second-order valence-electron chi connectivity index (χ2n) is 0.154. The van der Waals surface area contributed by atoms with Crippen LogP contribution in [-0.2, 0) is 0 Å². The van der Waals surface area contributed by atoms with Gasteiger partial charge in [-0.15, -0.1) is 0 Å². The SMILES string of the molecule is C=CF.[LiH]. The molecule has 0 fully saturated rings. The molecule has 20 valence electrons. The fourth-order valence-corrected chi connectivity index (χ4v) is 0. The molecule has 0 atom stereocenters. The zero-order valence-electron chi connectivity index (χ0n) is 1.66. The molecule has 0 aliphatic carbocycles. The van der Waals surface area contributed by atoms with E-state index >= 15 is 0 Å². The Balaban J connectivity index is 0. The second kappa shape index (κ2) is 10.5. The Bertz CT molecular complexity index is 13.5. The van der Waals surface area contributed by atoms with E-state index in [0.717, 1.165) is 0 Å². The van der Waals surface area contributed by atoms with Gasteiger partial charge in [-0.3, -0.25) is 0 Å². The van der Waals surface area contributed by atoms with Gasteiger partial charge in [0.15, 0.2) is 0 Å². The molecule has 0 saturated heterocycles. The van der Waals surface area contributed by atoms with Crippen molar-refractivity contribution in [3.8, 4) is 0 Å². The zero-order chi connectivity index (χ0) is 2.71. The molecule has 0 aliphatic heterocycles. The van der Waals surface area contributed by atoms with Crippen LogP contribution >= 0.6 is 0 Å². The molecule has 0 heterocycles. The summed E-state index contributed by atoms with van der Waals surface area (Å²) in [6, 6.07) is 0. The predicted octanol–water partition coefficient (Wildman–Crippen LogP) is 0.451. The van der Waals surface area contributed by atoms with Gasteiger partial charge in [-0.2, -0.15) is 0 Å². The van der Waals surface area contributed by atoms with Crippen LogP contribution in [0.4, 0.5) is 4.39 Å². The Morgan fingerprint density at radius 3 is 1.75 bits per heavy atom. The van der Waals surface area contributed by atoms with Gasteiger partial charge in [-0.25, -0.2) is 4.39 Å². The van der Waals surface area contributed by atoms with E-state index in [4.69, 9.17) is 0 Å². The van der Waals surface area contributed by atoms with Crippen LogP contribution in [0.1, 0.15) is 0 Å². The van der Waals surface area contributed by atoms with Crippen molar-refractivity contribution in [3.63, 3.8) is 0 Å². The topological polar surface area (TPSA) is 0 Å². The monoisotopic (exact) mass is 54.0 g/mol. The first kappa shape index (κ1) is 8.86. The molecule has 0 rings (SSSR count). The summed E-state index contributed by atoms with van der Waals surface area (Å²) >= 11 is 0. The van der Waals surface area contributed by atoms with Gasteiger partial charge in [0, 0.05) is 0 Å². The van der Waals surface area contributed by atoms with Gasteiger partial charge in [-0.05, 0) is 0 Å². The molecule has 0 N–H and O–H groups in total. The van der Waals surface area contributed by atoms with Crippen molar-refractivity contribution >= 4 is 18.9 Å². The van der Waals surface area contributed by atoms with E-state index in [2.05, 4.69) is 6.58 Å². The Kier molecular flexibility index (Phi) is 23.2. The van der Waals surface area contributed by atoms with E-state index in [1.54, 1.807) is 0 Å². The molecule has 0 aliphatic rings. The van der Waals surface area contributed by atoms with Crippen LogP contribution in [-0.4, -0.2) is 18.9 Å². The van der Waals surface area contributed by atoms with Crippen LogP contribution in [0.3, 0.4) is 0 Å². The first-order valence-electron chi connectivity index (χ1n) is 0.626. The molecule has 0 saturated carbocycles. The molecule has 0 unspecified atom stereocenters. The van der Waals surface area contributed by atoms with Gasteiger partial charge in [0.2, 0.25) is 0 Å². The van der Waals surface area contributed by atoms with E-state index in [1.807, 2.05) is 0 Å². The average molecular weight is 54.0 g/mol. The van der Waals surface area contributed by atoms with Crippen LogP contribution in [0.25, 0.3) is 0 Å². The molecule has 0 bridgehead atoms. The molecule has 0 aromatic rings. The molecule has 0 radical (unpaired) electrons. The van der Waals surface area contributed by atoms with E-state index < -0.39 is 0 Å². The van der Waals surface area contributed by atoms with Gasteiger partial charge in [0.05, 0.1) is 6.33 Å². The summed E-state index contributed by atoms with van der Waals surface area (Å²) in [5, 5.41) is 0. The Morgan fingerprint density at radius 1 is 1.75 bits per heavy atom. The number of hydrogen-bond donors (Lipinski definition) is 0. The van der Waals surface area contributed by atoms with Crippen LogP contribution < -0.4 is 0 Å². The molecule has 0 spiro atoms. The quantitative estimate of drug-likeness (QED) is 0.352. The fraction of sp³-hybridized carbons (Fsp3) is 0. The summed E-state index contributed by atoms with van der Waals surface area (Å²) < 4.78 is 10.1. The van der Waals surface area contributed by atoms with Gasteiger partial charge in [0.1, 0.15) is 0 Å². The molecular formula is C2H4FLi. The predicted molar refractivity (Wildman–Crippen MR) is 18.5 cm³/mol. The summed E-state index contributed by atoms with van der Waals surface area (Å²) in [6.45, 7) is 2.69. The van der Waals surface area contributed by atoms with Gasteiger partial charge in [0.25, 0.3) is 0 Å². The average Bonchev–Trinajstić information content (AvgIpc) is 0.918. The summed E-state index contributed by atoms with van der Waals surface area (Å²) in [5.74, 6) is 0. The minimum atomic E-state index is 0. The van der Waals surface area contributed by atoms with Crippen molar-refractivity contribution in [2.24, 2.45) is 0 Å². The standard InChI is InChI=1S/C2H3F.Li.H/c1-2-3;;/h2H,1H2;;. The first-order valence-corrected chi connectivity index (χ1v) is 0.626. The van der Waals surface area contributed by atoms with E-state index in [0.29, 0.717) is 0 Å². The molecule has 0 nitrogen and oxygen atoms in total. The first-order chi connectivity index (χ1) is 1.41. The van der Waals surface area contributed by atoms with Crippen LogP contribution in [0.15, 0.2) is 12.9 Å². The third-order valence-electron chi connectivity index (χ3n) is 0. The van der Waals surface area contributed by atoms with Crippen LogP contribution in [0.5, 0.6) is 0 Å². The Labute approximate surface area is 36.9 Å². The van der Waals surface area contributed by atoms with E-state index in [1.165, 1.54) is 0 Å². The molecule has 0 aromatic heterocycles. The Morgan fingerprint density at radius 2 is 1.75 bits per heavy atom. The maximum absolute atomic E-state index is 10.1. The zero-order valence-corrected chi connectivity index (χ0v) is 1.66. The molecule has 0 amide bonds. The molecule has 2 heteroatoms. The van der Waals surface area contributed by atoms with Crippen molar-refractivity contribution < 1.29 is 4.39 Å². The minimum absolute atomic E-state index is 0. The van der Waals surface area contributed by atoms with Gasteiger partial charge in [-0.1, -0.05) is 6.58 Å². The molecule has 0 aromatic carbocycles. The second-order valence-corrected chi connectivity index (χ2v) is 0.154. The Hall–Kier alpha value is 0.267. The normalized spacial score (nSPS) is 3.25. The maximum atomic E-state index is 10.1. The third-order valence-corrected chi connectivity index (χ3v) is 0. The summed E-state index contributed by atoms with van der Waals surface area (Å²) in [4.78, 5) is 0. The molecule has 4 heavy (non-hydrogen) atoms. The van der Waals surface area contributed by atoms with Crippen LogP contribution in [0, 0.1) is 0 Å². The number of halogens is 1. The summed E-state index contributed by atoms with van der Waals surface area (Å²) in [6.07, 6.45) is 0.250. The van der Waals surface area contributed by atoms with Crippen molar-refractivity contribution in [1.82, 2.24) is 0 Å². The van der Waals surface area contributed by atoms with Crippen LogP contribution in [0.2, 0.25) is 0 Å². The fourth-order valence-electron chi connectivity index (χ4n) is 0. The van der Waals surface area contributed by atoms with Gasteiger partial charge >= 0.3 is 18.9 Å². The van der Waals surface area contributed by atoms with Gasteiger partial charge < -0.3 is 0 Å². The van der Waals surface area contributed by atoms with Crippen molar-refractivity contribution in [2.45, 2.75) is 0 Å². The summed E-state index contributed by atoms with van der Waals surface area (Å²) in [5.41, 5.74) is 0. The van der Waals surface area contributed by atoms with E-state index in [9.17, 15) is 4.39 Å². The molecular weight excluding hydrogens is 50.0 g/mol. The van der Waals surface area contributed by atoms with Crippen molar-refractivity contribution in [3.05, 3.63) is 12.9 Å².